The molecular formula is C14H21NO5. The predicted octanol–water partition coefficient (Wildman–Crippen LogP) is 0.287. The Labute approximate surface area is 118 Å². The van der Waals surface area contributed by atoms with Gasteiger partial charge in [0.15, 0.2) is 0 Å². The van der Waals surface area contributed by atoms with Crippen LogP contribution in [0.4, 0.5) is 0 Å². The largest absolute Gasteiger partial charge is 0.481 e. The van der Waals surface area contributed by atoms with Crippen LogP contribution in [0.15, 0.2) is 12.2 Å². The number of hydrogen-bond donors (Lipinski definition) is 2. The first kappa shape index (κ1) is 15.0. The molecule has 2 aliphatic rings. The van der Waals surface area contributed by atoms with E-state index in [0.29, 0.717) is 13.2 Å². The molecule has 2 aliphatic carbocycles. The highest BCUT2D eigenvalue weighted by atomic mass is 16.5. The number of hydrogen-bond acceptors (Lipinski definition) is 4. The highest BCUT2D eigenvalue weighted by Crippen LogP contribution is 2.48. The number of methoxy groups -OCH3 is 2. The molecule has 0 heterocycles. The fraction of sp³-hybridized carbons (Fsp3) is 0.714. The van der Waals surface area contributed by atoms with Crippen molar-refractivity contribution in [2.24, 2.45) is 23.7 Å². The summed E-state index contributed by atoms with van der Waals surface area (Å²) >= 11 is 0. The molecule has 0 saturated heterocycles. The van der Waals surface area contributed by atoms with Crippen LogP contribution in [0.5, 0.6) is 0 Å². The molecule has 2 rings (SSSR count). The van der Waals surface area contributed by atoms with Crippen molar-refractivity contribution in [3.8, 4) is 0 Å². The van der Waals surface area contributed by atoms with Crippen molar-refractivity contribution in [3.05, 3.63) is 12.2 Å². The van der Waals surface area contributed by atoms with Crippen molar-refractivity contribution in [2.45, 2.75) is 12.5 Å². The van der Waals surface area contributed by atoms with Gasteiger partial charge in [0, 0.05) is 20.8 Å². The van der Waals surface area contributed by atoms with Crippen molar-refractivity contribution in [1.29, 1.82) is 0 Å². The number of fused-ring (bicyclic) bond motifs is 2. The van der Waals surface area contributed by atoms with E-state index in [2.05, 4.69) is 5.32 Å². The average Bonchev–Trinajstić information content (AvgIpc) is 3.03. The lowest BCUT2D eigenvalue weighted by Gasteiger charge is -2.25. The third kappa shape index (κ3) is 2.86. The maximum atomic E-state index is 12.3. The Bertz CT molecular complexity index is 408. The quantitative estimate of drug-likeness (QED) is 0.656. The molecule has 5 atom stereocenters. The van der Waals surface area contributed by atoms with E-state index in [0.717, 1.165) is 6.42 Å². The molecule has 2 bridgehead atoms. The monoisotopic (exact) mass is 283 g/mol. The number of aliphatic carboxylic acids is 1. The summed E-state index contributed by atoms with van der Waals surface area (Å²) in [5.41, 5.74) is 0. The third-order valence-corrected chi connectivity index (χ3v) is 4.24. The molecule has 1 saturated carbocycles. The maximum absolute atomic E-state index is 12.3. The first-order chi connectivity index (χ1) is 9.58. The van der Waals surface area contributed by atoms with Gasteiger partial charge in [0.2, 0.25) is 5.91 Å². The molecule has 6 nitrogen and oxygen atoms in total. The summed E-state index contributed by atoms with van der Waals surface area (Å²) in [6.07, 6.45) is 4.44. The van der Waals surface area contributed by atoms with E-state index < -0.39 is 17.8 Å². The van der Waals surface area contributed by atoms with E-state index in [1.54, 1.807) is 14.2 Å². The lowest BCUT2D eigenvalue weighted by Crippen LogP contribution is -2.43. The summed E-state index contributed by atoms with van der Waals surface area (Å²) in [7, 11) is 3.12. The van der Waals surface area contributed by atoms with Crippen LogP contribution in [-0.2, 0) is 19.1 Å². The molecule has 112 valence electrons. The van der Waals surface area contributed by atoms with E-state index in [1.165, 1.54) is 0 Å². The van der Waals surface area contributed by atoms with Crippen molar-refractivity contribution < 1.29 is 24.2 Å². The Morgan fingerprint density at radius 2 is 1.95 bits per heavy atom. The first-order valence-electron chi connectivity index (χ1n) is 6.79. The number of carbonyl (C=O) groups is 2. The van der Waals surface area contributed by atoms with Gasteiger partial charge in [-0.05, 0) is 18.3 Å². The zero-order chi connectivity index (χ0) is 14.7. The minimum Gasteiger partial charge on any atom is -0.481 e. The van der Waals surface area contributed by atoms with Crippen LogP contribution in [-0.4, -0.2) is 50.5 Å². The standard InChI is InChI=1S/C14H21NO5/c1-19-7-10(20-2)6-15-13(16)11-8-3-4-9(5-8)12(11)14(17)18/h3-4,8-12H,5-7H2,1-2H3,(H,15,16)(H,17,18). The minimum atomic E-state index is -0.887. The number of rotatable bonds is 7. The van der Waals surface area contributed by atoms with Gasteiger partial charge in [-0.1, -0.05) is 12.2 Å². The Kier molecular flexibility index (Phi) is 4.77. The fourth-order valence-electron chi connectivity index (χ4n) is 3.24. The van der Waals surface area contributed by atoms with E-state index >= 15 is 0 Å². The van der Waals surface area contributed by atoms with Gasteiger partial charge in [0.05, 0.1) is 24.5 Å². The maximum Gasteiger partial charge on any atom is 0.307 e. The van der Waals surface area contributed by atoms with Crippen molar-refractivity contribution in [2.75, 3.05) is 27.4 Å². The Morgan fingerprint density at radius 3 is 2.50 bits per heavy atom. The van der Waals surface area contributed by atoms with E-state index in [9.17, 15) is 14.7 Å². The molecule has 20 heavy (non-hydrogen) atoms. The highest BCUT2D eigenvalue weighted by molar-refractivity contribution is 5.86. The van der Waals surface area contributed by atoms with Crippen LogP contribution in [0, 0.1) is 23.7 Å². The molecule has 5 unspecified atom stereocenters. The second-order valence-corrected chi connectivity index (χ2v) is 5.40. The van der Waals surface area contributed by atoms with Crippen LogP contribution in [0.3, 0.4) is 0 Å². The molecule has 0 aromatic rings. The summed E-state index contributed by atoms with van der Waals surface area (Å²) in [4.78, 5) is 23.6. The van der Waals surface area contributed by atoms with Crippen LogP contribution in [0.25, 0.3) is 0 Å². The normalized spacial score (nSPS) is 32.3. The van der Waals surface area contributed by atoms with Gasteiger partial charge in [0.1, 0.15) is 0 Å². The zero-order valence-electron chi connectivity index (χ0n) is 11.7. The van der Waals surface area contributed by atoms with Gasteiger partial charge < -0.3 is 19.9 Å². The number of carboxylic acid groups (broad SMARTS) is 1. The lowest BCUT2D eigenvalue weighted by atomic mass is 9.82. The summed E-state index contributed by atoms with van der Waals surface area (Å²) in [5, 5.41) is 12.1. The average molecular weight is 283 g/mol. The van der Waals surface area contributed by atoms with Gasteiger partial charge in [-0.3, -0.25) is 9.59 Å². The molecule has 0 aliphatic heterocycles. The predicted molar refractivity (Wildman–Crippen MR) is 71.0 cm³/mol. The molecule has 1 amide bonds. The number of amides is 1. The van der Waals surface area contributed by atoms with E-state index in [-0.39, 0.29) is 23.8 Å². The van der Waals surface area contributed by atoms with Crippen molar-refractivity contribution in [3.63, 3.8) is 0 Å². The first-order valence-corrected chi connectivity index (χ1v) is 6.79. The summed E-state index contributed by atoms with van der Waals surface area (Å²) in [5.74, 6) is -2.12. The molecule has 0 spiro atoms. The van der Waals surface area contributed by atoms with Crippen LogP contribution in [0.2, 0.25) is 0 Å². The van der Waals surface area contributed by atoms with Crippen molar-refractivity contribution >= 4 is 11.9 Å². The fourth-order valence-corrected chi connectivity index (χ4v) is 3.24. The number of nitrogens with one attached hydrogen (secondary N) is 1. The van der Waals surface area contributed by atoms with Gasteiger partial charge >= 0.3 is 5.97 Å². The van der Waals surface area contributed by atoms with Gasteiger partial charge in [-0.15, -0.1) is 0 Å². The SMILES string of the molecule is COCC(CNC(=O)C1C2C=CC(C2)C1C(=O)O)OC. The highest BCUT2D eigenvalue weighted by Gasteiger charge is 2.51. The third-order valence-electron chi connectivity index (χ3n) is 4.24. The van der Waals surface area contributed by atoms with Crippen molar-refractivity contribution in [1.82, 2.24) is 5.32 Å². The number of ether oxygens (including phenoxy) is 2. The second kappa shape index (κ2) is 6.37. The Hall–Kier alpha value is -1.40. The topological polar surface area (TPSA) is 84.9 Å². The van der Waals surface area contributed by atoms with Gasteiger partial charge in [-0.2, -0.15) is 0 Å². The van der Waals surface area contributed by atoms with Crippen LogP contribution in [0.1, 0.15) is 6.42 Å². The molecule has 2 N–H and O–H groups in total. The number of allylic oxidation sites excluding steroid dienone is 2. The molecular weight excluding hydrogens is 262 g/mol. The number of carbonyl (C=O) groups excluding carboxylic acids is 1. The van der Waals surface area contributed by atoms with Gasteiger partial charge in [0.25, 0.3) is 0 Å². The Balaban J connectivity index is 1.95. The molecule has 6 heteroatoms. The van der Waals surface area contributed by atoms with Gasteiger partial charge in [-0.25, -0.2) is 0 Å². The second-order valence-electron chi connectivity index (χ2n) is 5.40. The number of carboxylic acids is 1. The Morgan fingerprint density at radius 1 is 1.30 bits per heavy atom. The molecule has 0 aromatic heterocycles. The zero-order valence-corrected chi connectivity index (χ0v) is 11.7. The van der Waals surface area contributed by atoms with E-state index in [4.69, 9.17) is 9.47 Å². The lowest BCUT2D eigenvalue weighted by molar-refractivity contribution is -0.148. The summed E-state index contributed by atoms with van der Waals surface area (Å²) in [6, 6.07) is 0. The smallest absolute Gasteiger partial charge is 0.307 e. The molecule has 0 radical (unpaired) electrons. The molecule has 0 aromatic carbocycles. The minimum absolute atomic E-state index is 0.00885. The van der Waals surface area contributed by atoms with Crippen LogP contribution >= 0.6 is 0 Å². The summed E-state index contributed by atoms with van der Waals surface area (Å²) < 4.78 is 10.1. The van der Waals surface area contributed by atoms with Crippen LogP contribution < -0.4 is 5.32 Å². The summed E-state index contributed by atoms with van der Waals surface area (Å²) in [6.45, 7) is 0.711. The molecule has 1 fully saturated rings. The van der Waals surface area contributed by atoms with E-state index in [1.807, 2.05) is 12.2 Å².